The zero-order valence-corrected chi connectivity index (χ0v) is 23.3. The van der Waals surface area contributed by atoms with Gasteiger partial charge in [-0.25, -0.2) is 18.4 Å². The number of benzene rings is 2. The van der Waals surface area contributed by atoms with Crippen LogP contribution in [0.4, 0.5) is 8.78 Å². The predicted molar refractivity (Wildman–Crippen MR) is 153 cm³/mol. The van der Waals surface area contributed by atoms with E-state index >= 15 is 0 Å². The third-order valence-electron chi connectivity index (χ3n) is 7.39. The summed E-state index contributed by atoms with van der Waals surface area (Å²) in [6.45, 7) is 1.48. The van der Waals surface area contributed by atoms with E-state index in [0.717, 1.165) is 56.1 Å². The van der Waals surface area contributed by atoms with E-state index in [1.807, 2.05) is 4.90 Å². The van der Waals surface area contributed by atoms with Crippen LogP contribution in [0, 0.1) is 17.6 Å². The number of likely N-dealkylation sites (tertiary alicyclic amines) is 1. The molecule has 8 heteroatoms. The van der Waals surface area contributed by atoms with E-state index in [9.17, 15) is 13.6 Å². The number of carbonyl (C=O) groups excluding carboxylic acids is 1. The van der Waals surface area contributed by atoms with Crippen molar-refractivity contribution in [2.75, 3.05) is 13.1 Å². The lowest BCUT2D eigenvalue weighted by Gasteiger charge is -2.32. The number of amides is 1. The Hall–Kier alpha value is -3.39. The van der Waals surface area contributed by atoms with Crippen LogP contribution in [-0.4, -0.2) is 38.7 Å². The maximum Gasteiger partial charge on any atom is 0.244 e. The molecule has 2 aromatic carbocycles. The Morgan fingerprint density at radius 1 is 0.949 bits per heavy atom. The summed E-state index contributed by atoms with van der Waals surface area (Å²) in [5.74, 6) is 0.752. The van der Waals surface area contributed by atoms with E-state index in [0.29, 0.717) is 28.7 Å². The Morgan fingerprint density at radius 3 is 2.31 bits per heavy atom. The second-order valence-corrected chi connectivity index (χ2v) is 11.0. The topological polar surface area (TPSA) is 51.0 Å². The van der Waals surface area contributed by atoms with Crippen LogP contribution in [0.1, 0.15) is 38.5 Å². The molecule has 0 N–H and O–H groups in total. The summed E-state index contributed by atoms with van der Waals surface area (Å²) in [7, 11) is 0. The van der Waals surface area contributed by atoms with Gasteiger partial charge in [0.15, 0.2) is 11.6 Å². The molecule has 1 fully saturated rings. The van der Waals surface area contributed by atoms with Gasteiger partial charge in [-0.2, -0.15) is 0 Å². The highest BCUT2D eigenvalue weighted by atomic mass is 79.9. The number of piperidine rings is 1. The zero-order chi connectivity index (χ0) is 27.2. The molecule has 0 radical (unpaired) electrons. The Bertz CT molecular complexity index is 1380. The smallest absolute Gasteiger partial charge is 0.244 e. The lowest BCUT2D eigenvalue weighted by Crippen LogP contribution is -2.40. The minimum atomic E-state index is -0.352. The van der Waals surface area contributed by atoms with Crippen molar-refractivity contribution in [3.8, 4) is 22.8 Å². The van der Waals surface area contributed by atoms with E-state index in [1.165, 1.54) is 29.8 Å². The van der Waals surface area contributed by atoms with Crippen molar-refractivity contribution in [3.05, 3.63) is 94.5 Å². The van der Waals surface area contributed by atoms with Gasteiger partial charge in [0.2, 0.25) is 5.91 Å². The van der Waals surface area contributed by atoms with E-state index < -0.39 is 0 Å². The largest absolute Gasteiger partial charge is 0.341 e. The van der Waals surface area contributed by atoms with Crippen LogP contribution in [0.15, 0.2) is 82.9 Å². The van der Waals surface area contributed by atoms with E-state index in [4.69, 9.17) is 0 Å². The molecule has 5 nitrogen and oxygen atoms in total. The van der Waals surface area contributed by atoms with Gasteiger partial charge in [-0.15, -0.1) is 5.10 Å². The number of carbonyl (C=O) groups is 1. The molecule has 202 valence electrons. The van der Waals surface area contributed by atoms with Gasteiger partial charge in [0.1, 0.15) is 18.2 Å². The first-order chi connectivity index (χ1) is 18.9. The van der Waals surface area contributed by atoms with Gasteiger partial charge in [0.25, 0.3) is 0 Å². The molecular weight excluding hydrogens is 562 g/mol. The summed E-state index contributed by atoms with van der Waals surface area (Å²) >= 11 is 3.56. The van der Waals surface area contributed by atoms with Crippen LogP contribution in [-0.2, 0) is 11.3 Å². The highest BCUT2D eigenvalue weighted by Crippen LogP contribution is 2.28. The minimum Gasteiger partial charge on any atom is -0.341 e. The number of hydrogen-bond donors (Lipinski definition) is 0. The zero-order valence-electron chi connectivity index (χ0n) is 21.7. The van der Waals surface area contributed by atoms with E-state index in [-0.39, 0.29) is 24.1 Å². The maximum absolute atomic E-state index is 13.6. The fourth-order valence-electron chi connectivity index (χ4n) is 5.08. The van der Waals surface area contributed by atoms with Crippen molar-refractivity contribution in [2.24, 2.45) is 5.92 Å². The highest BCUT2D eigenvalue weighted by Gasteiger charge is 2.25. The summed E-state index contributed by atoms with van der Waals surface area (Å²) in [6.07, 6.45) is 15.0. The van der Waals surface area contributed by atoms with Crippen molar-refractivity contribution >= 4 is 21.8 Å². The van der Waals surface area contributed by atoms with Gasteiger partial charge in [-0.1, -0.05) is 39.7 Å². The highest BCUT2D eigenvalue weighted by molar-refractivity contribution is 9.11. The van der Waals surface area contributed by atoms with Crippen LogP contribution in [0.2, 0.25) is 0 Å². The van der Waals surface area contributed by atoms with Crippen molar-refractivity contribution in [2.45, 2.75) is 45.1 Å². The average molecular weight is 594 g/mol. The Morgan fingerprint density at radius 2 is 1.62 bits per heavy atom. The monoisotopic (exact) mass is 592 g/mol. The summed E-state index contributed by atoms with van der Waals surface area (Å²) < 4.78 is 29.7. The van der Waals surface area contributed by atoms with Gasteiger partial charge >= 0.3 is 0 Å². The molecule has 5 rings (SSSR count). The fourth-order valence-corrected chi connectivity index (χ4v) is 5.40. The van der Waals surface area contributed by atoms with Crippen molar-refractivity contribution in [1.29, 1.82) is 0 Å². The number of nitrogens with zero attached hydrogens (tertiary/aromatic N) is 4. The molecule has 39 heavy (non-hydrogen) atoms. The summed E-state index contributed by atoms with van der Waals surface area (Å²) in [6, 6.07) is 11.9. The molecule has 2 aliphatic rings. The number of allylic oxidation sites excluding steroid dienone is 6. The first kappa shape index (κ1) is 27.2. The summed E-state index contributed by atoms with van der Waals surface area (Å²) in [4.78, 5) is 19.8. The van der Waals surface area contributed by atoms with Crippen LogP contribution >= 0.6 is 15.9 Å². The first-order valence-electron chi connectivity index (χ1n) is 13.4. The molecule has 3 aromatic rings. The lowest BCUT2D eigenvalue weighted by molar-refractivity contribution is -0.133. The van der Waals surface area contributed by atoms with E-state index in [2.05, 4.69) is 50.3 Å². The van der Waals surface area contributed by atoms with Crippen molar-refractivity contribution < 1.29 is 13.6 Å². The average Bonchev–Trinajstić information content (AvgIpc) is 3.35. The lowest BCUT2D eigenvalue weighted by atomic mass is 9.89. The SMILES string of the molecule is O=C(Cn1nc(-c2ccc(F)cc2)nc1-c1ccc(F)cc1)N1CCC(CCC2=CC=C(Br)C=CCC2)CC1. The Balaban J connectivity index is 1.23. The molecular formula is C31H31BrF2N4O. The maximum atomic E-state index is 13.6. The molecule has 1 aromatic heterocycles. The van der Waals surface area contributed by atoms with Crippen molar-refractivity contribution in [3.63, 3.8) is 0 Å². The van der Waals surface area contributed by atoms with Gasteiger partial charge in [0, 0.05) is 28.7 Å². The molecule has 0 spiro atoms. The van der Waals surface area contributed by atoms with Gasteiger partial charge < -0.3 is 4.90 Å². The molecule has 0 saturated carbocycles. The predicted octanol–water partition coefficient (Wildman–Crippen LogP) is 7.46. The van der Waals surface area contributed by atoms with Crippen LogP contribution in [0.25, 0.3) is 22.8 Å². The quantitative estimate of drug-likeness (QED) is 0.286. The molecule has 1 saturated heterocycles. The third kappa shape index (κ3) is 7.18. The van der Waals surface area contributed by atoms with Crippen LogP contribution < -0.4 is 0 Å². The van der Waals surface area contributed by atoms with Gasteiger partial charge in [-0.3, -0.25) is 4.79 Å². The number of aromatic nitrogens is 3. The number of halogens is 3. The molecule has 1 amide bonds. The normalized spacial score (nSPS) is 16.4. The Labute approximate surface area is 236 Å². The summed E-state index contributed by atoms with van der Waals surface area (Å²) in [5.41, 5.74) is 2.78. The second-order valence-electron chi connectivity index (χ2n) is 10.1. The molecule has 0 atom stereocenters. The van der Waals surface area contributed by atoms with Crippen molar-refractivity contribution in [1.82, 2.24) is 19.7 Å². The third-order valence-corrected chi connectivity index (χ3v) is 7.92. The molecule has 1 aliphatic heterocycles. The number of hydrogen-bond acceptors (Lipinski definition) is 3. The Kier molecular flexibility index (Phi) is 8.81. The van der Waals surface area contributed by atoms with Crippen LogP contribution in [0.5, 0.6) is 0 Å². The molecule has 0 bridgehead atoms. The second kappa shape index (κ2) is 12.6. The van der Waals surface area contributed by atoms with Gasteiger partial charge in [0.05, 0.1) is 0 Å². The molecule has 1 aliphatic carbocycles. The van der Waals surface area contributed by atoms with Crippen LogP contribution in [0.3, 0.4) is 0 Å². The van der Waals surface area contributed by atoms with E-state index in [1.54, 1.807) is 28.9 Å². The summed E-state index contributed by atoms with van der Waals surface area (Å²) in [5, 5.41) is 4.58. The van der Waals surface area contributed by atoms with Gasteiger partial charge in [-0.05, 0) is 99.0 Å². The molecule has 0 unspecified atom stereocenters. The first-order valence-corrected chi connectivity index (χ1v) is 14.2. The fraction of sp³-hybridized carbons (Fsp3) is 0.323. The standard InChI is InChI=1S/C31H31BrF2N4O/c32-26-4-2-1-3-22(7-12-26)5-6-23-17-19-37(20-18-23)29(39)21-38-31(25-10-15-28(34)16-11-25)35-30(36-38)24-8-13-27(33)14-9-24/h2,4,7-16,23H,1,3,5-6,17-21H2. The molecule has 2 heterocycles. The number of rotatable bonds is 7. The minimum absolute atomic E-state index is 0.0168.